The number of unbranched alkanes of at least 4 members (excludes halogenated alkanes) is 10. The Balaban J connectivity index is 0.869. The zero-order valence-corrected chi connectivity index (χ0v) is 51.3. The maximum atomic E-state index is 14.1. The first kappa shape index (κ1) is 67.8. The summed E-state index contributed by atoms with van der Waals surface area (Å²) in [4.78, 5) is 88.6. The molecule has 4 aromatic rings. The first-order valence-electron chi connectivity index (χ1n) is 31.8. The van der Waals surface area contributed by atoms with Gasteiger partial charge in [0.15, 0.2) is 5.60 Å². The highest BCUT2D eigenvalue weighted by atomic mass is 16.6. The van der Waals surface area contributed by atoms with Crippen molar-refractivity contribution in [3.8, 4) is 47.5 Å². The third-order valence-corrected chi connectivity index (χ3v) is 16.9. The Kier molecular flexibility index (Phi) is 27.9. The molecule has 3 aliphatic rings. The predicted molar refractivity (Wildman–Crippen MR) is 338 cm³/mol. The molecule has 0 atom stereocenters. The molecule has 0 aromatic heterocycles. The van der Waals surface area contributed by atoms with Crippen molar-refractivity contribution in [3.05, 3.63) is 156 Å². The fourth-order valence-corrected chi connectivity index (χ4v) is 11.4. The molecule has 14 nitrogen and oxygen atoms in total. The average Bonchev–Trinajstić information content (AvgIpc) is 2.69. The Morgan fingerprint density at radius 1 is 0.427 bits per heavy atom. The number of carbonyl (C=O) groups excluding carboxylic acids is 7. The minimum absolute atomic E-state index is 0.126. The maximum Gasteiger partial charge on any atom is 0.339 e. The van der Waals surface area contributed by atoms with Crippen LogP contribution in [0.5, 0.6) is 11.5 Å². The van der Waals surface area contributed by atoms with Crippen molar-refractivity contribution in [2.24, 2.45) is 23.7 Å². The molecule has 468 valence electrons. The van der Waals surface area contributed by atoms with Gasteiger partial charge in [0, 0.05) is 34.4 Å². The van der Waals surface area contributed by atoms with Crippen LogP contribution in [-0.2, 0) is 52.5 Å². The average molecular weight is 1210 g/mol. The number of ether oxygens (including phenoxy) is 7. The number of carbonyl (C=O) groups is 7. The van der Waals surface area contributed by atoms with E-state index in [-0.39, 0.29) is 59.0 Å². The van der Waals surface area contributed by atoms with E-state index in [0.717, 1.165) is 117 Å². The molecule has 0 spiro atoms. The molecule has 0 N–H and O–H groups in total. The first-order valence-corrected chi connectivity index (χ1v) is 31.8. The van der Waals surface area contributed by atoms with E-state index in [1.165, 1.54) is 0 Å². The van der Waals surface area contributed by atoms with Crippen molar-refractivity contribution in [3.63, 3.8) is 0 Å². The van der Waals surface area contributed by atoms with Gasteiger partial charge in [-0.15, -0.1) is 6.42 Å². The topological polar surface area (TPSA) is 184 Å². The molecule has 0 radical (unpaired) electrons. The summed E-state index contributed by atoms with van der Waals surface area (Å²) < 4.78 is 39.2. The lowest BCUT2D eigenvalue weighted by atomic mass is 9.76. The van der Waals surface area contributed by atoms with Crippen LogP contribution in [0.1, 0.15) is 198 Å². The van der Waals surface area contributed by atoms with E-state index in [1.54, 1.807) is 24.3 Å². The molecular weight excluding hydrogens is 1120 g/mol. The van der Waals surface area contributed by atoms with Crippen molar-refractivity contribution in [2.45, 2.75) is 166 Å². The molecule has 0 bridgehead atoms. The molecule has 89 heavy (non-hydrogen) atoms. The van der Waals surface area contributed by atoms with Crippen LogP contribution in [0.4, 0.5) is 0 Å². The first-order chi connectivity index (χ1) is 43.3. The molecule has 3 saturated carbocycles. The van der Waals surface area contributed by atoms with Gasteiger partial charge in [-0.25, -0.2) is 14.4 Å². The van der Waals surface area contributed by atoms with Gasteiger partial charge in [0.2, 0.25) is 0 Å². The van der Waals surface area contributed by atoms with E-state index in [4.69, 9.17) is 39.6 Å². The lowest BCUT2D eigenvalue weighted by Gasteiger charge is -2.36. The fourth-order valence-electron chi connectivity index (χ4n) is 11.4. The number of esters is 7. The number of hydrogen-bond acceptors (Lipinski definition) is 14. The normalized spacial score (nSPS) is 19.3. The Labute approximate surface area is 525 Å². The summed E-state index contributed by atoms with van der Waals surface area (Å²) >= 11 is 0. The number of terminal acetylenes is 1. The summed E-state index contributed by atoms with van der Waals surface area (Å²) in [5.41, 5.74) is 3.41. The molecule has 0 aliphatic heterocycles. The van der Waals surface area contributed by atoms with Gasteiger partial charge in [-0.05, 0) is 205 Å². The summed E-state index contributed by atoms with van der Waals surface area (Å²) in [6.45, 7) is 8.32. The fraction of sp³-hybridized carbons (Fsp3) is 0.453. The lowest BCUT2D eigenvalue weighted by Crippen LogP contribution is -2.37. The van der Waals surface area contributed by atoms with Gasteiger partial charge in [0.05, 0.1) is 55.7 Å². The minimum Gasteiger partial charge on any atom is -0.465 e. The molecule has 0 saturated heterocycles. The predicted octanol–water partition coefficient (Wildman–Crippen LogP) is 14.0. The molecule has 0 heterocycles. The van der Waals surface area contributed by atoms with Gasteiger partial charge in [-0.2, -0.15) is 0 Å². The quantitative estimate of drug-likeness (QED) is 0.0125. The van der Waals surface area contributed by atoms with Crippen molar-refractivity contribution in [1.29, 1.82) is 0 Å². The summed E-state index contributed by atoms with van der Waals surface area (Å²) in [5.74, 6) is 12.9. The summed E-state index contributed by atoms with van der Waals surface area (Å²) in [5, 5.41) is 0. The summed E-state index contributed by atoms with van der Waals surface area (Å²) in [6.07, 6.45) is 25.5. The van der Waals surface area contributed by atoms with Crippen LogP contribution < -0.4 is 9.47 Å². The standard InChI is InChI=1S/C75H84O14/c1-4-55-19-21-56(22-20-55)23-24-57-25-27-58(28-26-57)45-48-75(89-74(82)65-39-43-67(44-40-65)88-73(81)64-35-31-62(32-36-64)71(79)86-54-18-14-10-8-12-16-52-84-69(77)6-3)49-46-60(47-50-75)59-37-41-66(42-38-59)87-72(80)63-33-29-61(30-34-63)70(78)85-53-17-13-9-7-11-15-51-83-68(76)5-2/h1,5-6,19-22,25-28,37-44,60-64H,2-3,7-18,29-36,46-47,49-54H2. The van der Waals surface area contributed by atoms with Crippen LogP contribution in [-0.4, -0.2) is 73.8 Å². The Morgan fingerprint density at radius 3 is 1.17 bits per heavy atom. The largest absolute Gasteiger partial charge is 0.465 e. The van der Waals surface area contributed by atoms with E-state index in [2.05, 4.69) is 42.8 Å². The molecule has 14 heteroatoms. The van der Waals surface area contributed by atoms with Crippen LogP contribution in [0, 0.1) is 59.7 Å². The number of benzene rings is 4. The Hall–Kier alpha value is -8.67. The van der Waals surface area contributed by atoms with Crippen LogP contribution in [0.25, 0.3) is 0 Å². The molecule has 7 rings (SSSR count). The number of rotatable bonds is 29. The van der Waals surface area contributed by atoms with E-state index in [1.807, 2.05) is 72.8 Å². The van der Waals surface area contributed by atoms with Gasteiger partial charge in [0.25, 0.3) is 0 Å². The third kappa shape index (κ3) is 23.1. The molecule has 0 amide bonds. The molecule has 3 aliphatic carbocycles. The van der Waals surface area contributed by atoms with E-state index in [9.17, 15) is 33.6 Å². The Bertz CT molecular complexity index is 3160. The molecule has 4 aromatic carbocycles. The highest BCUT2D eigenvalue weighted by Crippen LogP contribution is 2.41. The number of hydrogen-bond donors (Lipinski definition) is 0. The van der Waals surface area contributed by atoms with E-state index >= 15 is 0 Å². The smallest absolute Gasteiger partial charge is 0.339 e. The second kappa shape index (κ2) is 36.6. The van der Waals surface area contributed by atoms with Crippen molar-refractivity contribution < 1.29 is 66.7 Å². The zero-order chi connectivity index (χ0) is 63.1. The molecule has 0 unspecified atom stereocenters. The minimum atomic E-state index is -1.11. The SMILES string of the molecule is C#Cc1ccc(C#Cc2ccc(C#CC3(OC(=O)c4ccc(OC(=O)C5CCC(C(=O)OCCCCCCCCOC(=O)C=C)CC5)cc4)CCC(c4ccc(OC(=O)C5CCC(C(=O)OCCCCCCCCOC(=O)C=C)CC5)cc4)CC3)cc2)cc1. The van der Waals surface area contributed by atoms with Crippen LogP contribution in [0.15, 0.2) is 122 Å². The molecule has 3 fully saturated rings. The second-order valence-corrected chi connectivity index (χ2v) is 23.3. The molecular formula is C75H84O14. The summed E-state index contributed by atoms with van der Waals surface area (Å²) in [7, 11) is 0. The van der Waals surface area contributed by atoms with Gasteiger partial charge >= 0.3 is 41.8 Å². The van der Waals surface area contributed by atoms with E-state index < -0.39 is 23.5 Å². The van der Waals surface area contributed by atoms with Gasteiger partial charge in [-0.3, -0.25) is 19.2 Å². The highest BCUT2D eigenvalue weighted by Gasteiger charge is 2.39. The van der Waals surface area contributed by atoms with Gasteiger partial charge < -0.3 is 33.2 Å². The third-order valence-electron chi connectivity index (χ3n) is 16.9. The van der Waals surface area contributed by atoms with Crippen LogP contribution in [0.3, 0.4) is 0 Å². The van der Waals surface area contributed by atoms with Crippen molar-refractivity contribution >= 4 is 41.8 Å². The summed E-state index contributed by atoms with van der Waals surface area (Å²) in [6, 6.07) is 29.0. The second-order valence-electron chi connectivity index (χ2n) is 23.3. The van der Waals surface area contributed by atoms with Gasteiger partial charge in [0.1, 0.15) is 11.5 Å². The van der Waals surface area contributed by atoms with Crippen molar-refractivity contribution in [2.75, 3.05) is 26.4 Å². The maximum absolute atomic E-state index is 14.1. The lowest BCUT2D eigenvalue weighted by molar-refractivity contribution is -0.152. The van der Waals surface area contributed by atoms with E-state index in [0.29, 0.717) is 115 Å². The Morgan fingerprint density at radius 2 is 0.775 bits per heavy atom. The van der Waals surface area contributed by atoms with Gasteiger partial charge in [-0.1, -0.05) is 100 Å². The van der Waals surface area contributed by atoms with Crippen LogP contribution >= 0.6 is 0 Å². The van der Waals surface area contributed by atoms with Crippen LogP contribution in [0.2, 0.25) is 0 Å². The highest BCUT2D eigenvalue weighted by molar-refractivity contribution is 5.90. The zero-order valence-electron chi connectivity index (χ0n) is 51.3. The monoisotopic (exact) mass is 1210 g/mol. The van der Waals surface area contributed by atoms with Crippen molar-refractivity contribution in [1.82, 2.24) is 0 Å².